The molecule has 0 saturated carbocycles. The zero-order valence-corrected chi connectivity index (χ0v) is 14.0. The number of rotatable bonds is 10. The Morgan fingerprint density at radius 3 is 2.70 bits per heavy atom. The summed E-state index contributed by atoms with van der Waals surface area (Å²) in [6.07, 6.45) is 6.27. The molecule has 4 nitrogen and oxygen atoms in total. The molecule has 1 rings (SSSR count). The molecule has 0 aliphatic heterocycles. The van der Waals surface area contributed by atoms with Crippen LogP contribution in [0.25, 0.3) is 0 Å². The van der Waals surface area contributed by atoms with Crippen molar-refractivity contribution in [3.8, 4) is 0 Å². The van der Waals surface area contributed by atoms with Crippen molar-refractivity contribution in [2.45, 2.75) is 62.6 Å². The van der Waals surface area contributed by atoms with Crippen molar-refractivity contribution in [2.75, 3.05) is 6.54 Å². The van der Waals surface area contributed by atoms with Crippen LogP contribution in [0.3, 0.4) is 0 Å². The molecule has 20 heavy (non-hydrogen) atoms. The van der Waals surface area contributed by atoms with E-state index in [1.807, 2.05) is 13.0 Å². The second kappa shape index (κ2) is 8.77. The van der Waals surface area contributed by atoms with Crippen molar-refractivity contribution in [1.82, 2.24) is 4.72 Å². The summed E-state index contributed by atoms with van der Waals surface area (Å²) in [5, 5.41) is 0. The minimum atomic E-state index is -3.37. The minimum Gasteiger partial charge on any atom is -0.330 e. The number of hydrogen-bond acceptors (Lipinski definition) is 4. The van der Waals surface area contributed by atoms with Gasteiger partial charge in [-0.15, -0.1) is 11.3 Å². The van der Waals surface area contributed by atoms with Gasteiger partial charge < -0.3 is 5.73 Å². The Balaban J connectivity index is 2.50. The molecule has 3 N–H and O–H groups in total. The van der Waals surface area contributed by atoms with E-state index in [-0.39, 0.29) is 6.04 Å². The predicted octanol–water partition coefficient (Wildman–Crippen LogP) is 2.89. The van der Waals surface area contributed by atoms with E-state index >= 15 is 0 Å². The molecule has 1 heterocycles. The van der Waals surface area contributed by atoms with Crippen LogP contribution in [0.5, 0.6) is 0 Å². The van der Waals surface area contributed by atoms with Crippen molar-refractivity contribution >= 4 is 21.4 Å². The number of hydrogen-bond donors (Lipinski definition) is 2. The second-order valence-electron chi connectivity index (χ2n) is 5.13. The lowest BCUT2D eigenvalue weighted by Gasteiger charge is -2.13. The molecule has 116 valence electrons. The number of thiophene rings is 1. The van der Waals surface area contributed by atoms with E-state index in [4.69, 9.17) is 5.73 Å². The van der Waals surface area contributed by atoms with Crippen LogP contribution in [0, 0.1) is 0 Å². The Kier molecular flexibility index (Phi) is 7.72. The third-order valence-corrected chi connectivity index (χ3v) is 6.37. The maximum atomic E-state index is 12.2. The Morgan fingerprint density at radius 1 is 1.30 bits per heavy atom. The van der Waals surface area contributed by atoms with E-state index in [1.54, 1.807) is 6.07 Å². The molecule has 0 aromatic carbocycles. The molecule has 1 aromatic rings. The van der Waals surface area contributed by atoms with Gasteiger partial charge in [-0.1, -0.05) is 32.6 Å². The topological polar surface area (TPSA) is 72.2 Å². The lowest BCUT2D eigenvalue weighted by molar-refractivity contribution is 0.523. The zero-order chi connectivity index (χ0) is 15.0. The van der Waals surface area contributed by atoms with Gasteiger partial charge in [0.15, 0.2) is 0 Å². The normalized spacial score (nSPS) is 13.6. The molecule has 0 bridgehead atoms. The van der Waals surface area contributed by atoms with Gasteiger partial charge >= 0.3 is 0 Å². The molecular weight excluding hydrogens is 292 g/mol. The molecule has 0 fully saturated rings. The fourth-order valence-electron chi connectivity index (χ4n) is 2.04. The second-order valence-corrected chi connectivity index (χ2v) is 8.24. The van der Waals surface area contributed by atoms with Gasteiger partial charge in [-0.25, -0.2) is 13.1 Å². The lowest BCUT2D eigenvalue weighted by atomic mass is 10.1. The van der Waals surface area contributed by atoms with Crippen molar-refractivity contribution in [3.05, 3.63) is 17.0 Å². The first-order valence-electron chi connectivity index (χ1n) is 7.30. The van der Waals surface area contributed by atoms with Crippen LogP contribution in [0.4, 0.5) is 0 Å². The predicted molar refractivity (Wildman–Crippen MR) is 85.6 cm³/mol. The first kappa shape index (κ1) is 17.6. The van der Waals surface area contributed by atoms with Gasteiger partial charge in [-0.2, -0.15) is 0 Å². The van der Waals surface area contributed by atoms with E-state index < -0.39 is 10.0 Å². The molecule has 1 atom stereocenters. The van der Waals surface area contributed by atoms with Crippen LogP contribution >= 0.6 is 11.3 Å². The molecular formula is C14H26N2O2S2. The monoisotopic (exact) mass is 318 g/mol. The summed E-state index contributed by atoms with van der Waals surface area (Å²) in [7, 11) is -3.37. The Morgan fingerprint density at radius 2 is 2.05 bits per heavy atom. The average molecular weight is 319 g/mol. The number of unbranched alkanes of at least 4 members (excludes halogenated alkanes) is 3. The smallest absolute Gasteiger partial charge is 0.250 e. The minimum absolute atomic E-state index is 0.0167. The van der Waals surface area contributed by atoms with Crippen LogP contribution < -0.4 is 10.5 Å². The molecule has 0 amide bonds. The third-order valence-electron chi connectivity index (χ3n) is 3.14. The number of nitrogens with two attached hydrogens (primary N) is 1. The summed E-state index contributed by atoms with van der Waals surface area (Å²) < 4.78 is 27.6. The standard InChI is InChI=1S/C14H26N2O2S2/c1-3-4-5-6-7-12(2)16-20(17,18)14-9-8-13(19-14)10-11-15/h8-9,12,16H,3-7,10-11,15H2,1-2H3. The third kappa shape index (κ3) is 5.91. The van der Waals surface area contributed by atoms with Gasteiger partial charge in [0.05, 0.1) is 0 Å². The highest BCUT2D eigenvalue weighted by Crippen LogP contribution is 2.22. The first-order valence-corrected chi connectivity index (χ1v) is 9.60. The molecule has 6 heteroatoms. The van der Waals surface area contributed by atoms with Crippen LogP contribution in [0.15, 0.2) is 16.3 Å². The number of sulfonamides is 1. The van der Waals surface area contributed by atoms with Gasteiger partial charge in [-0.3, -0.25) is 0 Å². The van der Waals surface area contributed by atoms with E-state index in [2.05, 4.69) is 11.6 Å². The highest BCUT2D eigenvalue weighted by molar-refractivity contribution is 7.91. The van der Waals surface area contributed by atoms with Crippen molar-refractivity contribution in [3.63, 3.8) is 0 Å². The average Bonchev–Trinajstić information content (AvgIpc) is 2.84. The fraction of sp³-hybridized carbons (Fsp3) is 0.714. The zero-order valence-electron chi connectivity index (χ0n) is 12.4. The molecule has 0 spiro atoms. The van der Waals surface area contributed by atoms with Crippen molar-refractivity contribution in [1.29, 1.82) is 0 Å². The number of nitrogens with one attached hydrogen (secondary N) is 1. The lowest BCUT2D eigenvalue weighted by Crippen LogP contribution is -2.32. The molecule has 0 aliphatic rings. The Bertz CT molecular complexity index is 483. The summed E-state index contributed by atoms with van der Waals surface area (Å²) in [5.74, 6) is 0. The van der Waals surface area contributed by atoms with Gasteiger partial charge in [0.2, 0.25) is 10.0 Å². The van der Waals surface area contributed by atoms with Gasteiger partial charge in [0.25, 0.3) is 0 Å². The first-order chi connectivity index (χ1) is 9.49. The van der Waals surface area contributed by atoms with Crippen molar-refractivity contribution in [2.24, 2.45) is 5.73 Å². The van der Waals surface area contributed by atoms with Crippen LogP contribution in [-0.2, 0) is 16.4 Å². The van der Waals surface area contributed by atoms with Gasteiger partial charge in [-0.05, 0) is 38.4 Å². The fourth-order valence-corrected chi connectivity index (χ4v) is 4.70. The van der Waals surface area contributed by atoms with Crippen LogP contribution in [-0.4, -0.2) is 21.0 Å². The quantitative estimate of drug-likeness (QED) is 0.652. The Hall–Kier alpha value is -0.430. The SMILES string of the molecule is CCCCCCC(C)NS(=O)(=O)c1ccc(CCN)s1. The summed E-state index contributed by atoms with van der Waals surface area (Å²) in [6.45, 7) is 4.64. The molecule has 0 saturated heterocycles. The van der Waals surface area contributed by atoms with Crippen LogP contribution in [0.2, 0.25) is 0 Å². The Labute approximate surface area is 126 Å². The summed E-state index contributed by atoms with van der Waals surface area (Å²) in [4.78, 5) is 1.02. The highest BCUT2D eigenvalue weighted by atomic mass is 32.2. The van der Waals surface area contributed by atoms with Crippen molar-refractivity contribution < 1.29 is 8.42 Å². The van der Waals surface area contributed by atoms with E-state index in [1.165, 1.54) is 30.6 Å². The van der Waals surface area contributed by atoms with E-state index in [0.29, 0.717) is 10.8 Å². The summed E-state index contributed by atoms with van der Waals surface area (Å²) in [6, 6.07) is 3.50. The van der Waals surface area contributed by atoms with E-state index in [9.17, 15) is 8.42 Å². The molecule has 1 unspecified atom stereocenters. The van der Waals surface area contributed by atoms with Gasteiger partial charge in [0.1, 0.15) is 4.21 Å². The molecule has 0 aliphatic carbocycles. The highest BCUT2D eigenvalue weighted by Gasteiger charge is 2.19. The molecule has 0 radical (unpaired) electrons. The largest absolute Gasteiger partial charge is 0.330 e. The van der Waals surface area contributed by atoms with Crippen LogP contribution in [0.1, 0.15) is 50.8 Å². The molecule has 1 aromatic heterocycles. The maximum absolute atomic E-state index is 12.2. The summed E-state index contributed by atoms with van der Waals surface area (Å²) in [5.41, 5.74) is 5.48. The summed E-state index contributed by atoms with van der Waals surface area (Å²) >= 11 is 1.31. The maximum Gasteiger partial charge on any atom is 0.250 e. The van der Waals surface area contributed by atoms with E-state index in [0.717, 1.165) is 24.1 Å². The van der Waals surface area contributed by atoms with Gasteiger partial charge in [0, 0.05) is 10.9 Å².